The van der Waals surface area contributed by atoms with Crippen molar-refractivity contribution in [2.45, 2.75) is 65.6 Å². The van der Waals surface area contributed by atoms with Crippen molar-refractivity contribution in [2.75, 3.05) is 4.90 Å². The molecule has 2 heterocycles. The van der Waals surface area contributed by atoms with Gasteiger partial charge in [0.05, 0.1) is 5.56 Å². The molecule has 172 valence electrons. The fourth-order valence-electron chi connectivity index (χ4n) is 3.52. The van der Waals surface area contributed by atoms with Gasteiger partial charge in [-0.15, -0.1) is 0 Å². The van der Waals surface area contributed by atoms with Crippen LogP contribution in [-0.2, 0) is 6.18 Å². The van der Waals surface area contributed by atoms with E-state index in [1.165, 1.54) is 4.90 Å². The molecule has 0 aliphatic carbocycles. The molecule has 32 heavy (non-hydrogen) atoms. The minimum Gasteiger partial charge on any atom is -0.357 e. The molecular formula is C24H28F3N3O2. The number of H-pyrrole nitrogens is 1. The van der Waals surface area contributed by atoms with Crippen LogP contribution in [0.4, 0.5) is 19.1 Å². The van der Waals surface area contributed by atoms with Gasteiger partial charge in [-0.1, -0.05) is 55.8 Å². The van der Waals surface area contributed by atoms with Gasteiger partial charge in [0.25, 0.3) is 5.91 Å². The van der Waals surface area contributed by atoms with Crippen LogP contribution in [0.5, 0.6) is 0 Å². The number of nitrogens with one attached hydrogen (secondary N) is 1. The largest absolute Gasteiger partial charge is 0.417 e. The van der Waals surface area contributed by atoms with Gasteiger partial charge < -0.3 is 9.51 Å². The van der Waals surface area contributed by atoms with Crippen LogP contribution < -0.4 is 4.90 Å². The summed E-state index contributed by atoms with van der Waals surface area (Å²) in [5, 5.41) is 4.28. The molecule has 2 atom stereocenters. The summed E-state index contributed by atoms with van der Waals surface area (Å²) in [4.78, 5) is 17.3. The van der Waals surface area contributed by atoms with E-state index in [0.717, 1.165) is 35.4 Å². The van der Waals surface area contributed by atoms with Crippen LogP contribution in [0, 0.1) is 6.92 Å². The lowest BCUT2D eigenvalue weighted by molar-refractivity contribution is -0.137. The molecule has 3 aromatic rings. The highest BCUT2D eigenvalue weighted by Crippen LogP contribution is 2.40. The number of hydrogen-bond donors (Lipinski definition) is 1. The summed E-state index contributed by atoms with van der Waals surface area (Å²) in [5.41, 5.74) is 2.32. The number of halogens is 3. The first-order valence-corrected chi connectivity index (χ1v) is 10.7. The first kappa shape index (κ1) is 23.6. The summed E-state index contributed by atoms with van der Waals surface area (Å²) in [6.45, 7) is 9.77. The van der Waals surface area contributed by atoms with E-state index in [2.05, 4.69) is 10.1 Å². The Hall–Kier alpha value is -3.03. The van der Waals surface area contributed by atoms with Crippen molar-refractivity contribution in [3.63, 3.8) is 0 Å². The van der Waals surface area contributed by atoms with Gasteiger partial charge in [0.2, 0.25) is 5.88 Å². The zero-order chi connectivity index (χ0) is 23.6. The molecule has 8 heteroatoms. The topological polar surface area (TPSA) is 62.1 Å². The highest BCUT2D eigenvalue weighted by molar-refractivity contribution is 6.05. The molecule has 0 saturated carbocycles. The van der Waals surface area contributed by atoms with Crippen LogP contribution in [0.1, 0.15) is 73.6 Å². The number of aromatic nitrogens is 2. The predicted molar refractivity (Wildman–Crippen MR) is 118 cm³/mol. The van der Waals surface area contributed by atoms with Gasteiger partial charge in [0, 0.05) is 23.4 Å². The van der Waals surface area contributed by atoms with E-state index in [9.17, 15) is 18.0 Å². The van der Waals surface area contributed by atoms with Gasteiger partial charge in [0.1, 0.15) is 11.4 Å². The van der Waals surface area contributed by atoms with E-state index < -0.39 is 17.6 Å². The molecule has 0 spiro atoms. The molecule has 0 radical (unpaired) electrons. The maximum Gasteiger partial charge on any atom is 0.417 e. The van der Waals surface area contributed by atoms with Crippen molar-refractivity contribution in [3.05, 3.63) is 58.9 Å². The maximum absolute atomic E-state index is 13.4. The van der Waals surface area contributed by atoms with Crippen LogP contribution >= 0.6 is 0 Å². The predicted octanol–water partition coefficient (Wildman–Crippen LogP) is 6.96. The van der Waals surface area contributed by atoms with E-state index in [0.29, 0.717) is 12.1 Å². The Morgan fingerprint density at radius 2 is 1.81 bits per heavy atom. The number of nitrogens with zero attached hydrogens (tertiary/aromatic N) is 2. The molecule has 0 bridgehead atoms. The second-order valence-electron chi connectivity index (χ2n) is 8.16. The number of hydrogen-bond acceptors (Lipinski definition) is 3. The van der Waals surface area contributed by atoms with Gasteiger partial charge in [-0.05, 0) is 38.7 Å². The van der Waals surface area contributed by atoms with Crippen LogP contribution in [0.15, 0.2) is 41.1 Å². The smallest absolute Gasteiger partial charge is 0.357 e. The average Bonchev–Trinajstić information content (AvgIpc) is 3.41. The van der Waals surface area contributed by atoms with Crippen LogP contribution in [0.3, 0.4) is 0 Å². The van der Waals surface area contributed by atoms with Crippen LogP contribution in [0.25, 0.3) is 11.3 Å². The number of aryl methyl sites for hydroxylation is 1. The van der Waals surface area contributed by atoms with Gasteiger partial charge in [-0.3, -0.25) is 9.69 Å². The van der Waals surface area contributed by atoms with E-state index in [1.54, 1.807) is 0 Å². The molecule has 2 unspecified atom stereocenters. The standard InChI is InChI=1S/C24H28F3N3O2/c1-6-15(4)20-21(17-10-8-14(3)9-11-17)29-32-23(20)30(16(5)7-2)22(31)19-12-18(13-28-19)24(25,26)27/h8-13,15-16,28H,6-7H2,1-5H3. The molecule has 1 amide bonds. The van der Waals surface area contributed by atoms with Crippen molar-refractivity contribution in [1.82, 2.24) is 10.1 Å². The number of amides is 1. The Balaban J connectivity index is 2.12. The zero-order valence-corrected chi connectivity index (χ0v) is 18.9. The number of carbonyl (C=O) groups excluding carboxylic acids is 1. The summed E-state index contributed by atoms with van der Waals surface area (Å²) >= 11 is 0. The highest BCUT2D eigenvalue weighted by Gasteiger charge is 2.36. The quantitative estimate of drug-likeness (QED) is 0.426. The number of anilines is 1. The number of benzene rings is 1. The second kappa shape index (κ2) is 9.22. The fraction of sp³-hybridized carbons (Fsp3) is 0.417. The second-order valence-corrected chi connectivity index (χ2v) is 8.16. The van der Waals surface area contributed by atoms with Crippen molar-refractivity contribution >= 4 is 11.8 Å². The molecule has 0 aliphatic heterocycles. The van der Waals surface area contributed by atoms with Crippen molar-refractivity contribution in [1.29, 1.82) is 0 Å². The van der Waals surface area contributed by atoms with Crippen molar-refractivity contribution < 1.29 is 22.5 Å². The van der Waals surface area contributed by atoms with E-state index >= 15 is 0 Å². The SMILES string of the molecule is CCC(C)c1c(-c2ccc(C)cc2)noc1N(C(=O)c1cc(C(F)(F)F)c[nH]1)C(C)CC. The van der Waals surface area contributed by atoms with Crippen LogP contribution in [-0.4, -0.2) is 22.1 Å². The number of alkyl halides is 3. The summed E-state index contributed by atoms with van der Waals surface area (Å²) < 4.78 is 44.9. The van der Waals surface area contributed by atoms with E-state index in [-0.39, 0.29) is 23.5 Å². The molecule has 5 nitrogen and oxygen atoms in total. The minimum absolute atomic E-state index is 0.0151. The fourth-order valence-corrected chi connectivity index (χ4v) is 3.52. The molecule has 0 saturated heterocycles. The monoisotopic (exact) mass is 447 g/mol. The molecule has 0 aliphatic rings. The first-order chi connectivity index (χ1) is 15.1. The van der Waals surface area contributed by atoms with Gasteiger partial charge >= 0.3 is 6.18 Å². The Morgan fingerprint density at radius 3 is 2.34 bits per heavy atom. The van der Waals surface area contributed by atoms with Gasteiger partial charge in [-0.25, -0.2) is 0 Å². The Morgan fingerprint density at radius 1 is 1.16 bits per heavy atom. The Labute approximate surface area is 185 Å². The lowest BCUT2D eigenvalue weighted by atomic mass is 9.94. The Bertz CT molecular complexity index is 1070. The molecular weight excluding hydrogens is 419 g/mol. The summed E-state index contributed by atoms with van der Waals surface area (Å²) in [7, 11) is 0. The highest BCUT2D eigenvalue weighted by atomic mass is 19.4. The normalized spacial score (nSPS) is 13.8. The third kappa shape index (κ3) is 4.59. The summed E-state index contributed by atoms with van der Waals surface area (Å²) in [6, 6.07) is 8.34. The third-order valence-corrected chi connectivity index (χ3v) is 5.85. The maximum atomic E-state index is 13.4. The third-order valence-electron chi connectivity index (χ3n) is 5.85. The first-order valence-electron chi connectivity index (χ1n) is 10.7. The molecule has 3 rings (SSSR count). The number of carbonyl (C=O) groups is 1. The number of aromatic amines is 1. The average molecular weight is 448 g/mol. The minimum atomic E-state index is -4.54. The van der Waals surface area contributed by atoms with E-state index in [1.807, 2.05) is 58.9 Å². The van der Waals surface area contributed by atoms with Crippen molar-refractivity contribution in [2.24, 2.45) is 0 Å². The molecule has 1 aromatic carbocycles. The summed E-state index contributed by atoms with van der Waals surface area (Å²) in [6.07, 6.45) is -2.38. The zero-order valence-electron chi connectivity index (χ0n) is 18.9. The summed E-state index contributed by atoms with van der Waals surface area (Å²) in [5.74, 6) is -0.301. The molecule has 2 aromatic heterocycles. The van der Waals surface area contributed by atoms with E-state index in [4.69, 9.17) is 4.52 Å². The Kier molecular flexibility index (Phi) is 6.81. The molecule has 1 N–H and O–H groups in total. The van der Waals surface area contributed by atoms with Crippen LogP contribution in [0.2, 0.25) is 0 Å². The number of rotatable bonds is 7. The molecule has 0 fully saturated rings. The lowest BCUT2D eigenvalue weighted by Gasteiger charge is -2.27. The lowest BCUT2D eigenvalue weighted by Crippen LogP contribution is -2.39. The van der Waals surface area contributed by atoms with Gasteiger partial charge in [0.15, 0.2) is 0 Å². The van der Waals surface area contributed by atoms with Gasteiger partial charge in [-0.2, -0.15) is 13.2 Å². The van der Waals surface area contributed by atoms with Crippen molar-refractivity contribution in [3.8, 4) is 11.3 Å².